The van der Waals surface area contributed by atoms with Crippen molar-refractivity contribution in [3.8, 4) is 0 Å². The van der Waals surface area contributed by atoms with Crippen LogP contribution in [-0.2, 0) is 5.92 Å². The molecule has 0 heterocycles. The largest absolute Gasteiger partial charge is 0.382 e. The average Bonchev–Trinajstić information content (AvgIpc) is 2.06. The van der Waals surface area contributed by atoms with Crippen molar-refractivity contribution < 1.29 is 17.6 Å². The highest BCUT2D eigenvalue weighted by atomic mass is 19.3. The molecule has 0 aliphatic rings. The van der Waals surface area contributed by atoms with E-state index in [-0.39, 0.29) is 0 Å². The van der Waals surface area contributed by atoms with Crippen molar-refractivity contribution in [2.45, 2.75) is 5.92 Å². The maximum atomic E-state index is 12.5. The van der Waals surface area contributed by atoms with E-state index >= 15 is 0 Å². The predicted octanol–water partition coefficient (Wildman–Crippen LogP) is 3.21. The summed E-state index contributed by atoms with van der Waals surface area (Å²) in [6.07, 6.45) is -2.88. The molecule has 1 aromatic carbocycles. The normalized spacial score (nSPS) is 12.1. The van der Waals surface area contributed by atoms with Crippen molar-refractivity contribution in [1.29, 1.82) is 0 Å². The quantitative estimate of drug-likeness (QED) is 0.608. The van der Waals surface area contributed by atoms with E-state index in [0.717, 1.165) is 12.1 Å². The third-order valence-corrected chi connectivity index (χ3v) is 1.37. The van der Waals surface area contributed by atoms with Gasteiger partial charge in [-0.2, -0.15) is 17.6 Å². The van der Waals surface area contributed by atoms with Crippen LogP contribution in [0.3, 0.4) is 0 Å². The Hall–Kier alpha value is -1.06. The van der Waals surface area contributed by atoms with Crippen molar-refractivity contribution in [1.82, 2.24) is 0 Å². The van der Waals surface area contributed by atoms with Crippen LogP contribution in [0.4, 0.5) is 17.6 Å². The molecule has 0 fully saturated rings. The molecule has 1 rings (SSSR count). The van der Waals surface area contributed by atoms with Gasteiger partial charge in [0.05, 0.1) is 0 Å². The zero-order chi connectivity index (χ0) is 9.19. The minimum Gasteiger partial charge on any atom is -0.194 e. The molecule has 1 aromatic rings. The van der Waals surface area contributed by atoms with E-state index in [1.54, 1.807) is 0 Å². The summed E-state index contributed by atoms with van der Waals surface area (Å²) >= 11 is 0. The van der Waals surface area contributed by atoms with E-state index in [4.69, 9.17) is 0 Å². The Morgan fingerprint density at radius 1 is 1.00 bits per heavy atom. The van der Waals surface area contributed by atoms with Crippen LogP contribution in [0.5, 0.6) is 0 Å². The van der Waals surface area contributed by atoms with E-state index < -0.39 is 17.9 Å². The van der Waals surface area contributed by atoms with Crippen LogP contribution in [0.15, 0.2) is 30.3 Å². The highest BCUT2D eigenvalue weighted by molar-refractivity contribution is 5.22. The molecule has 1 radical (unpaired) electrons. The first-order valence-electron chi connectivity index (χ1n) is 3.17. The van der Waals surface area contributed by atoms with Crippen LogP contribution in [0.1, 0.15) is 5.56 Å². The van der Waals surface area contributed by atoms with Crippen LogP contribution >= 0.6 is 0 Å². The average molecular weight is 177 g/mol. The lowest BCUT2D eigenvalue weighted by Gasteiger charge is -2.13. The highest BCUT2D eigenvalue weighted by Gasteiger charge is 2.44. The highest BCUT2D eigenvalue weighted by Crippen LogP contribution is 2.38. The fraction of sp³-hybridized carbons (Fsp3) is 0.125. The lowest BCUT2D eigenvalue weighted by molar-refractivity contribution is -0.0654. The Labute approximate surface area is 66.8 Å². The molecular weight excluding hydrogens is 172 g/mol. The van der Waals surface area contributed by atoms with Gasteiger partial charge in [0.15, 0.2) is 0 Å². The van der Waals surface area contributed by atoms with Gasteiger partial charge in [-0.05, 0) is 0 Å². The Bertz CT molecular complexity index is 242. The molecular formula is C8H5F4. The van der Waals surface area contributed by atoms with Crippen molar-refractivity contribution in [2.24, 2.45) is 0 Å². The van der Waals surface area contributed by atoms with E-state index in [1.807, 2.05) is 0 Å². The van der Waals surface area contributed by atoms with Crippen molar-refractivity contribution in [3.05, 3.63) is 42.3 Å². The summed E-state index contributed by atoms with van der Waals surface area (Å²) in [4.78, 5) is 0. The molecule has 0 saturated carbocycles. The van der Waals surface area contributed by atoms with Gasteiger partial charge < -0.3 is 0 Å². The molecule has 0 atom stereocenters. The lowest BCUT2D eigenvalue weighted by atomic mass is 10.1. The molecule has 0 saturated heterocycles. The second kappa shape index (κ2) is 3.13. The topological polar surface area (TPSA) is 0 Å². The number of halogens is 4. The van der Waals surface area contributed by atoms with Gasteiger partial charge in [0.1, 0.15) is 0 Å². The molecule has 0 aromatic heterocycles. The number of rotatable bonds is 2. The van der Waals surface area contributed by atoms with Gasteiger partial charge in [0.25, 0.3) is 0 Å². The van der Waals surface area contributed by atoms with Crippen LogP contribution < -0.4 is 0 Å². The predicted molar refractivity (Wildman–Crippen MR) is 35.8 cm³/mol. The van der Waals surface area contributed by atoms with Gasteiger partial charge in [0.2, 0.25) is 0 Å². The fourth-order valence-corrected chi connectivity index (χ4v) is 0.757. The zero-order valence-electron chi connectivity index (χ0n) is 5.90. The molecule has 4 heteroatoms. The monoisotopic (exact) mass is 177 g/mol. The molecule has 0 aliphatic heterocycles. The first-order valence-corrected chi connectivity index (χ1v) is 3.17. The van der Waals surface area contributed by atoms with Crippen LogP contribution in [-0.4, -0.2) is 0 Å². The number of hydrogen-bond acceptors (Lipinski definition) is 0. The second-order valence-electron chi connectivity index (χ2n) is 2.20. The van der Waals surface area contributed by atoms with Crippen LogP contribution in [0.2, 0.25) is 0 Å². The summed E-state index contributed by atoms with van der Waals surface area (Å²) in [6.45, 7) is 0. The van der Waals surface area contributed by atoms with Gasteiger partial charge in [-0.15, -0.1) is 0 Å². The first kappa shape index (κ1) is 9.03. The van der Waals surface area contributed by atoms with E-state index in [2.05, 4.69) is 0 Å². The second-order valence-corrected chi connectivity index (χ2v) is 2.20. The van der Waals surface area contributed by atoms with Gasteiger partial charge in [-0.3, -0.25) is 0 Å². The minimum atomic E-state index is -4.12. The van der Waals surface area contributed by atoms with Crippen LogP contribution in [0.25, 0.3) is 0 Å². The Balaban J connectivity index is 2.98. The van der Waals surface area contributed by atoms with E-state index in [1.165, 1.54) is 18.2 Å². The molecule has 0 spiro atoms. The SMILES string of the molecule is F[C](F)C(F)(F)c1ccccc1. The van der Waals surface area contributed by atoms with Crippen LogP contribution in [0, 0.1) is 6.43 Å². The number of hydrogen-bond donors (Lipinski definition) is 0. The maximum Gasteiger partial charge on any atom is 0.382 e. The summed E-state index contributed by atoms with van der Waals surface area (Å²) in [7, 11) is 0. The molecule has 0 bridgehead atoms. The Kier molecular flexibility index (Phi) is 2.35. The first-order chi connectivity index (χ1) is 5.55. The maximum absolute atomic E-state index is 12.5. The lowest BCUT2D eigenvalue weighted by Crippen LogP contribution is -2.17. The molecule has 65 valence electrons. The van der Waals surface area contributed by atoms with E-state index in [0.29, 0.717) is 0 Å². The van der Waals surface area contributed by atoms with Crippen molar-refractivity contribution >= 4 is 0 Å². The minimum absolute atomic E-state index is 0.690. The fourth-order valence-electron chi connectivity index (χ4n) is 0.757. The van der Waals surface area contributed by atoms with Gasteiger partial charge in [-0.1, -0.05) is 30.3 Å². The number of benzene rings is 1. The number of alkyl halides is 2. The Morgan fingerprint density at radius 3 is 1.92 bits per heavy atom. The summed E-state index contributed by atoms with van der Waals surface area (Å²) < 4.78 is 48.3. The van der Waals surface area contributed by atoms with Gasteiger partial charge in [0, 0.05) is 5.56 Å². The molecule has 0 aliphatic carbocycles. The summed E-state index contributed by atoms with van der Waals surface area (Å²) in [6, 6.07) is 5.96. The Morgan fingerprint density at radius 2 is 1.50 bits per heavy atom. The summed E-state index contributed by atoms with van der Waals surface area (Å²) in [5.41, 5.74) is -0.690. The smallest absolute Gasteiger partial charge is 0.194 e. The van der Waals surface area contributed by atoms with Gasteiger partial charge >= 0.3 is 12.3 Å². The van der Waals surface area contributed by atoms with Crippen molar-refractivity contribution in [3.63, 3.8) is 0 Å². The summed E-state index contributed by atoms with van der Waals surface area (Å²) in [5, 5.41) is 0. The zero-order valence-corrected chi connectivity index (χ0v) is 5.90. The molecule has 0 unspecified atom stereocenters. The third kappa shape index (κ3) is 1.57. The molecule has 12 heavy (non-hydrogen) atoms. The molecule has 0 N–H and O–H groups in total. The molecule has 0 amide bonds. The summed E-state index contributed by atoms with van der Waals surface area (Å²) in [5.74, 6) is -4.12. The standard InChI is InChI=1S/C8H5F4/c9-7(10)8(11,12)6-4-2-1-3-5-6/h1-5H. The third-order valence-electron chi connectivity index (χ3n) is 1.37. The van der Waals surface area contributed by atoms with E-state index in [9.17, 15) is 17.6 Å². The molecule has 0 nitrogen and oxygen atoms in total. The van der Waals surface area contributed by atoms with Crippen molar-refractivity contribution in [2.75, 3.05) is 0 Å². The van der Waals surface area contributed by atoms with Gasteiger partial charge in [-0.25, -0.2) is 0 Å².